The maximum atomic E-state index is 12.0. The molecule has 0 atom stereocenters. The van der Waals surface area contributed by atoms with Gasteiger partial charge in [0, 0.05) is 6.42 Å². The van der Waals surface area contributed by atoms with Gasteiger partial charge >= 0.3 is 0 Å². The van der Waals surface area contributed by atoms with Crippen molar-refractivity contribution in [2.45, 2.75) is 20.3 Å². The lowest BCUT2D eigenvalue weighted by Crippen LogP contribution is -2.17. The van der Waals surface area contributed by atoms with Crippen molar-refractivity contribution >= 4 is 28.7 Å². The zero-order valence-electron chi connectivity index (χ0n) is 12.4. The first kappa shape index (κ1) is 14.0. The van der Waals surface area contributed by atoms with Crippen molar-refractivity contribution in [1.29, 1.82) is 5.26 Å². The van der Waals surface area contributed by atoms with Gasteiger partial charge in [-0.2, -0.15) is 5.26 Å². The SMILES string of the molecule is CC(C)CC(=O)Nc1nc2ccc(C#N)nc2n1C1=CC=C1. The normalized spacial score (nSPS) is 12.9. The highest BCUT2D eigenvalue weighted by Crippen LogP contribution is 2.27. The molecule has 0 aliphatic heterocycles. The molecule has 3 rings (SSSR count). The van der Waals surface area contributed by atoms with Crippen LogP contribution in [0.1, 0.15) is 26.0 Å². The first-order valence-electron chi connectivity index (χ1n) is 7.06. The van der Waals surface area contributed by atoms with E-state index < -0.39 is 0 Å². The quantitative estimate of drug-likeness (QED) is 0.939. The van der Waals surface area contributed by atoms with E-state index in [0.717, 1.165) is 5.70 Å². The number of nitrogens with one attached hydrogen (secondary N) is 1. The van der Waals surface area contributed by atoms with E-state index in [1.165, 1.54) is 0 Å². The number of nitrogens with zero attached hydrogens (tertiary/aromatic N) is 4. The number of fused-ring (bicyclic) bond motifs is 1. The minimum absolute atomic E-state index is 0.0871. The Bertz CT molecular complexity index is 851. The van der Waals surface area contributed by atoms with E-state index in [1.807, 2.05) is 38.1 Å². The molecule has 0 radical (unpaired) electrons. The standard InChI is InChI=1S/C16H15N5O/c1-10(2)8-14(22)20-16-19-13-7-6-11(9-17)18-15(13)21(16)12-4-3-5-12/h3-7,10H,8H2,1-2H3,(H,19,20,22). The van der Waals surface area contributed by atoms with Crippen molar-refractivity contribution in [2.24, 2.45) is 5.92 Å². The van der Waals surface area contributed by atoms with Crippen LogP contribution in [-0.2, 0) is 4.79 Å². The van der Waals surface area contributed by atoms with Crippen LogP contribution in [0.4, 0.5) is 5.95 Å². The molecule has 0 fully saturated rings. The molecule has 1 amide bonds. The van der Waals surface area contributed by atoms with Crippen molar-refractivity contribution in [3.63, 3.8) is 0 Å². The smallest absolute Gasteiger partial charge is 0.226 e. The van der Waals surface area contributed by atoms with Crippen LogP contribution >= 0.6 is 0 Å². The number of carbonyl (C=O) groups excluding carboxylic acids is 1. The van der Waals surface area contributed by atoms with Gasteiger partial charge in [-0.1, -0.05) is 19.9 Å². The molecule has 1 aliphatic rings. The highest BCUT2D eigenvalue weighted by atomic mass is 16.1. The van der Waals surface area contributed by atoms with Crippen molar-refractivity contribution in [2.75, 3.05) is 5.32 Å². The van der Waals surface area contributed by atoms with E-state index in [2.05, 4.69) is 15.3 Å². The summed E-state index contributed by atoms with van der Waals surface area (Å²) in [5.41, 5.74) is 2.40. The zero-order chi connectivity index (χ0) is 15.7. The zero-order valence-corrected chi connectivity index (χ0v) is 12.4. The molecule has 22 heavy (non-hydrogen) atoms. The van der Waals surface area contributed by atoms with Crippen molar-refractivity contribution in [1.82, 2.24) is 14.5 Å². The Morgan fingerprint density at radius 2 is 2.18 bits per heavy atom. The first-order valence-corrected chi connectivity index (χ1v) is 7.06. The van der Waals surface area contributed by atoms with Gasteiger partial charge in [-0.3, -0.25) is 14.7 Å². The van der Waals surface area contributed by atoms with Gasteiger partial charge < -0.3 is 0 Å². The van der Waals surface area contributed by atoms with Crippen LogP contribution in [0.25, 0.3) is 16.9 Å². The Balaban J connectivity index is 2.05. The van der Waals surface area contributed by atoms with Crippen LogP contribution in [0.2, 0.25) is 0 Å². The van der Waals surface area contributed by atoms with E-state index in [-0.39, 0.29) is 11.8 Å². The number of carbonyl (C=O) groups is 1. The van der Waals surface area contributed by atoms with Crippen LogP contribution in [0.5, 0.6) is 0 Å². The summed E-state index contributed by atoms with van der Waals surface area (Å²) in [6.07, 6.45) is 6.13. The number of hydrogen-bond donors (Lipinski definition) is 1. The van der Waals surface area contributed by atoms with Crippen molar-refractivity contribution in [3.8, 4) is 6.07 Å². The molecule has 2 aromatic heterocycles. The molecular formula is C16H15N5O. The van der Waals surface area contributed by atoms with E-state index in [1.54, 1.807) is 16.7 Å². The molecule has 1 N–H and O–H groups in total. The summed E-state index contributed by atoms with van der Waals surface area (Å²) >= 11 is 0. The third-order valence-electron chi connectivity index (χ3n) is 3.26. The summed E-state index contributed by atoms with van der Waals surface area (Å²) in [4.78, 5) is 20.8. The van der Waals surface area contributed by atoms with E-state index in [4.69, 9.17) is 5.26 Å². The van der Waals surface area contributed by atoms with Gasteiger partial charge in [-0.15, -0.1) is 0 Å². The molecule has 6 nitrogen and oxygen atoms in total. The van der Waals surface area contributed by atoms with Gasteiger partial charge in [0.25, 0.3) is 0 Å². The van der Waals surface area contributed by atoms with Crippen LogP contribution < -0.4 is 5.32 Å². The molecule has 6 heteroatoms. The van der Waals surface area contributed by atoms with Crippen LogP contribution in [0.3, 0.4) is 0 Å². The minimum atomic E-state index is -0.0871. The number of nitriles is 1. The highest BCUT2D eigenvalue weighted by Gasteiger charge is 2.18. The minimum Gasteiger partial charge on any atom is -0.296 e. The number of aromatic nitrogens is 3. The molecule has 0 bridgehead atoms. The van der Waals surface area contributed by atoms with Gasteiger partial charge in [0.2, 0.25) is 11.9 Å². The molecule has 110 valence electrons. The monoisotopic (exact) mass is 293 g/mol. The Hall–Kier alpha value is -2.94. The third-order valence-corrected chi connectivity index (χ3v) is 3.26. The van der Waals surface area contributed by atoms with Crippen molar-refractivity contribution < 1.29 is 4.79 Å². The van der Waals surface area contributed by atoms with E-state index in [0.29, 0.717) is 29.2 Å². The van der Waals surface area contributed by atoms with Gasteiger partial charge in [-0.05, 0) is 30.2 Å². The fraction of sp³-hybridized carbons (Fsp3) is 0.250. The number of rotatable bonds is 4. The van der Waals surface area contributed by atoms with Gasteiger partial charge in [-0.25, -0.2) is 9.97 Å². The highest BCUT2D eigenvalue weighted by molar-refractivity contribution is 5.93. The van der Waals surface area contributed by atoms with E-state index in [9.17, 15) is 4.79 Å². The van der Waals surface area contributed by atoms with Gasteiger partial charge in [0.15, 0.2) is 5.65 Å². The lowest BCUT2D eigenvalue weighted by molar-refractivity contribution is -0.116. The summed E-state index contributed by atoms with van der Waals surface area (Å²) in [5, 5.41) is 11.8. The summed E-state index contributed by atoms with van der Waals surface area (Å²) in [5.74, 6) is 0.610. The van der Waals surface area contributed by atoms with Gasteiger partial charge in [0.05, 0.1) is 5.70 Å². The van der Waals surface area contributed by atoms with Gasteiger partial charge in [0.1, 0.15) is 17.3 Å². The number of amides is 1. The number of allylic oxidation sites excluding steroid dienone is 4. The molecular weight excluding hydrogens is 278 g/mol. The number of imidazole rings is 1. The van der Waals surface area contributed by atoms with Crippen LogP contribution in [0, 0.1) is 17.2 Å². The Labute approximate surface area is 127 Å². The number of hydrogen-bond acceptors (Lipinski definition) is 4. The average Bonchev–Trinajstić information content (AvgIpc) is 2.73. The summed E-state index contributed by atoms with van der Waals surface area (Å²) in [6, 6.07) is 5.37. The van der Waals surface area contributed by atoms with E-state index >= 15 is 0 Å². The molecule has 0 saturated carbocycles. The Morgan fingerprint density at radius 3 is 2.77 bits per heavy atom. The van der Waals surface area contributed by atoms with Crippen LogP contribution in [-0.4, -0.2) is 20.4 Å². The number of pyridine rings is 1. The summed E-state index contributed by atoms with van der Waals surface area (Å²) < 4.78 is 1.76. The summed E-state index contributed by atoms with van der Waals surface area (Å²) in [6.45, 7) is 3.97. The number of anilines is 1. The Kier molecular flexibility index (Phi) is 3.47. The maximum absolute atomic E-state index is 12.0. The molecule has 1 aliphatic carbocycles. The lowest BCUT2D eigenvalue weighted by Gasteiger charge is -2.13. The molecule has 0 saturated heterocycles. The predicted octanol–water partition coefficient (Wildman–Crippen LogP) is 2.70. The first-order chi connectivity index (χ1) is 10.6. The lowest BCUT2D eigenvalue weighted by atomic mass is 10.1. The molecule has 2 heterocycles. The third kappa shape index (κ3) is 2.49. The van der Waals surface area contributed by atoms with Crippen LogP contribution in [0.15, 0.2) is 30.4 Å². The fourth-order valence-corrected chi connectivity index (χ4v) is 2.23. The molecule has 2 aromatic rings. The second-order valence-electron chi connectivity index (χ2n) is 5.52. The summed E-state index contributed by atoms with van der Waals surface area (Å²) in [7, 11) is 0. The molecule has 0 spiro atoms. The largest absolute Gasteiger partial charge is 0.296 e. The van der Waals surface area contributed by atoms with Crippen molar-refractivity contribution in [3.05, 3.63) is 36.1 Å². The second kappa shape index (κ2) is 5.45. The fourth-order valence-electron chi connectivity index (χ4n) is 2.23. The maximum Gasteiger partial charge on any atom is 0.226 e. The Morgan fingerprint density at radius 1 is 1.41 bits per heavy atom. The predicted molar refractivity (Wildman–Crippen MR) is 83.7 cm³/mol. The topological polar surface area (TPSA) is 83.6 Å². The second-order valence-corrected chi connectivity index (χ2v) is 5.52. The molecule has 0 unspecified atom stereocenters. The average molecular weight is 293 g/mol. The molecule has 0 aromatic carbocycles.